The molecule has 0 atom stereocenters. The second kappa shape index (κ2) is 3.75. The highest BCUT2D eigenvalue weighted by Gasteiger charge is 2.06. The van der Waals surface area contributed by atoms with Crippen molar-refractivity contribution in [3.8, 4) is 0 Å². The Morgan fingerprint density at radius 1 is 1.43 bits per heavy atom. The Labute approximate surface area is 85.5 Å². The fourth-order valence-electron chi connectivity index (χ4n) is 1.10. The van der Waals surface area contributed by atoms with E-state index in [0.717, 1.165) is 11.5 Å². The highest BCUT2D eigenvalue weighted by molar-refractivity contribution is 6.16. The van der Waals surface area contributed by atoms with E-state index in [0.29, 0.717) is 12.4 Å². The van der Waals surface area contributed by atoms with Crippen LogP contribution in [0.15, 0.2) is 12.5 Å². The van der Waals surface area contributed by atoms with Crippen LogP contribution in [0.4, 0.5) is 0 Å². The minimum Gasteiger partial charge on any atom is -0.319 e. The van der Waals surface area contributed by atoms with Crippen LogP contribution in [0.1, 0.15) is 11.5 Å². The number of hydrogen-bond donors (Lipinski definition) is 0. The quantitative estimate of drug-likeness (QED) is 0.682. The topological polar surface area (TPSA) is 61.4 Å². The van der Waals surface area contributed by atoms with Gasteiger partial charge in [-0.25, -0.2) is 4.68 Å². The molecule has 14 heavy (non-hydrogen) atoms. The number of nitrogens with zero attached hydrogens (tertiary/aromatic N) is 6. The molecule has 2 aromatic rings. The third kappa shape index (κ3) is 1.60. The molecule has 0 unspecified atom stereocenters. The highest BCUT2D eigenvalue weighted by atomic mass is 35.5. The molecule has 0 radical (unpaired) electrons. The smallest absolute Gasteiger partial charge is 0.154 e. The molecule has 0 aliphatic carbocycles. The van der Waals surface area contributed by atoms with Crippen molar-refractivity contribution in [3.63, 3.8) is 0 Å². The normalized spacial score (nSPS) is 10.7. The minimum absolute atomic E-state index is 0.394. The number of aromatic nitrogens is 6. The van der Waals surface area contributed by atoms with E-state index in [1.807, 2.05) is 11.6 Å². The van der Waals surface area contributed by atoms with Crippen LogP contribution in [0.5, 0.6) is 0 Å². The molecule has 0 amide bonds. The molecule has 0 aliphatic rings. The van der Waals surface area contributed by atoms with Gasteiger partial charge in [0.2, 0.25) is 0 Å². The van der Waals surface area contributed by atoms with Crippen LogP contribution in [0, 0.1) is 0 Å². The van der Waals surface area contributed by atoms with Crippen molar-refractivity contribution in [1.29, 1.82) is 0 Å². The minimum atomic E-state index is 0.394. The number of halogens is 1. The predicted octanol–water partition coefficient (Wildman–Crippen LogP) is 0.194. The maximum Gasteiger partial charge on any atom is 0.154 e. The van der Waals surface area contributed by atoms with Crippen molar-refractivity contribution >= 4 is 11.6 Å². The van der Waals surface area contributed by atoms with Crippen molar-refractivity contribution in [2.45, 2.75) is 12.4 Å². The van der Waals surface area contributed by atoms with Crippen molar-refractivity contribution in [1.82, 2.24) is 29.8 Å². The van der Waals surface area contributed by atoms with E-state index in [9.17, 15) is 0 Å². The molecule has 2 heterocycles. The van der Waals surface area contributed by atoms with Crippen molar-refractivity contribution < 1.29 is 0 Å². The summed E-state index contributed by atoms with van der Waals surface area (Å²) in [6, 6.07) is 0. The zero-order valence-corrected chi connectivity index (χ0v) is 8.39. The molecule has 7 heteroatoms. The fourth-order valence-corrected chi connectivity index (χ4v) is 1.31. The van der Waals surface area contributed by atoms with E-state index >= 15 is 0 Å². The Bertz CT molecular complexity index is 419. The Hall–Kier alpha value is -1.43. The summed E-state index contributed by atoms with van der Waals surface area (Å²) in [5.74, 6) is 1.21. The van der Waals surface area contributed by atoms with Gasteiger partial charge in [0, 0.05) is 7.05 Å². The molecule has 0 N–H and O–H groups in total. The SMILES string of the molecule is Cn1cnnc1Cn1nncc1CCl. The van der Waals surface area contributed by atoms with Gasteiger partial charge >= 0.3 is 0 Å². The van der Waals surface area contributed by atoms with E-state index in [-0.39, 0.29) is 0 Å². The Morgan fingerprint density at radius 3 is 2.93 bits per heavy atom. The van der Waals surface area contributed by atoms with E-state index in [2.05, 4.69) is 20.5 Å². The lowest BCUT2D eigenvalue weighted by Crippen LogP contribution is -2.09. The zero-order valence-electron chi connectivity index (χ0n) is 7.63. The molecule has 0 saturated heterocycles. The van der Waals surface area contributed by atoms with Gasteiger partial charge in [0.25, 0.3) is 0 Å². The Balaban J connectivity index is 2.22. The first-order valence-electron chi connectivity index (χ1n) is 4.07. The van der Waals surface area contributed by atoms with E-state index in [4.69, 9.17) is 11.6 Å². The molecule has 0 aliphatic heterocycles. The summed E-state index contributed by atoms with van der Waals surface area (Å²) in [6.45, 7) is 0.540. The first-order valence-corrected chi connectivity index (χ1v) is 4.61. The molecular weight excluding hydrogens is 204 g/mol. The van der Waals surface area contributed by atoms with Gasteiger partial charge in [0.1, 0.15) is 12.9 Å². The number of aryl methyl sites for hydroxylation is 1. The van der Waals surface area contributed by atoms with Crippen LogP contribution in [-0.4, -0.2) is 29.8 Å². The van der Waals surface area contributed by atoms with Crippen molar-refractivity contribution in [2.24, 2.45) is 7.05 Å². The van der Waals surface area contributed by atoms with Crippen LogP contribution in [0.25, 0.3) is 0 Å². The van der Waals surface area contributed by atoms with Gasteiger partial charge in [-0.3, -0.25) is 0 Å². The second-order valence-corrected chi connectivity index (χ2v) is 3.14. The van der Waals surface area contributed by atoms with E-state index < -0.39 is 0 Å². The summed E-state index contributed by atoms with van der Waals surface area (Å²) in [5.41, 5.74) is 0.870. The first-order chi connectivity index (χ1) is 6.81. The molecule has 2 rings (SSSR count). The third-order valence-electron chi connectivity index (χ3n) is 1.93. The van der Waals surface area contributed by atoms with Gasteiger partial charge in [0.15, 0.2) is 5.82 Å². The maximum atomic E-state index is 5.71. The molecule has 74 valence electrons. The van der Waals surface area contributed by atoms with Crippen LogP contribution in [-0.2, 0) is 19.5 Å². The molecule has 0 fully saturated rings. The van der Waals surface area contributed by atoms with Gasteiger partial charge in [-0.05, 0) is 0 Å². The summed E-state index contributed by atoms with van der Waals surface area (Å²) in [7, 11) is 1.88. The molecule has 0 saturated carbocycles. The molecule has 0 spiro atoms. The standard InChI is InChI=1S/C7H9ClN6/c1-13-5-10-11-7(13)4-14-6(2-8)3-9-12-14/h3,5H,2,4H2,1H3. The lowest BCUT2D eigenvalue weighted by atomic mass is 10.5. The maximum absolute atomic E-state index is 5.71. The third-order valence-corrected chi connectivity index (χ3v) is 2.20. The fraction of sp³-hybridized carbons (Fsp3) is 0.429. The number of hydrogen-bond acceptors (Lipinski definition) is 4. The summed E-state index contributed by atoms with van der Waals surface area (Å²) >= 11 is 5.71. The average Bonchev–Trinajstić information content (AvgIpc) is 2.77. The number of alkyl halides is 1. The van der Waals surface area contributed by atoms with E-state index in [1.165, 1.54) is 0 Å². The lowest BCUT2D eigenvalue weighted by molar-refractivity contribution is 0.590. The lowest BCUT2D eigenvalue weighted by Gasteiger charge is -2.02. The van der Waals surface area contributed by atoms with Gasteiger partial charge in [-0.1, -0.05) is 5.21 Å². The summed E-state index contributed by atoms with van der Waals surface area (Å²) in [5, 5.41) is 15.4. The van der Waals surface area contributed by atoms with Crippen LogP contribution >= 0.6 is 11.6 Å². The summed E-state index contributed by atoms with van der Waals surface area (Å²) in [4.78, 5) is 0. The average molecular weight is 213 g/mol. The van der Waals surface area contributed by atoms with Gasteiger partial charge in [-0.15, -0.1) is 26.9 Å². The first kappa shape index (κ1) is 9.14. The molecule has 0 bridgehead atoms. The molecular formula is C7H9ClN6. The summed E-state index contributed by atoms with van der Waals surface area (Å²) in [6.07, 6.45) is 3.29. The van der Waals surface area contributed by atoms with Crippen molar-refractivity contribution in [2.75, 3.05) is 0 Å². The van der Waals surface area contributed by atoms with Crippen molar-refractivity contribution in [3.05, 3.63) is 24.0 Å². The molecule has 0 aromatic carbocycles. The predicted molar refractivity (Wildman–Crippen MR) is 49.7 cm³/mol. The molecule has 2 aromatic heterocycles. The van der Waals surface area contributed by atoms with Crippen LogP contribution < -0.4 is 0 Å². The highest BCUT2D eigenvalue weighted by Crippen LogP contribution is 2.03. The van der Waals surface area contributed by atoms with Gasteiger partial charge in [-0.2, -0.15) is 0 Å². The van der Waals surface area contributed by atoms with Crippen LogP contribution in [0.3, 0.4) is 0 Å². The van der Waals surface area contributed by atoms with Gasteiger partial charge < -0.3 is 4.57 Å². The number of rotatable bonds is 3. The largest absolute Gasteiger partial charge is 0.319 e. The van der Waals surface area contributed by atoms with Gasteiger partial charge in [0.05, 0.1) is 17.8 Å². The zero-order chi connectivity index (χ0) is 9.97. The Kier molecular flexibility index (Phi) is 2.45. The Morgan fingerprint density at radius 2 is 2.29 bits per heavy atom. The van der Waals surface area contributed by atoms with E-state index in [1.54, 1.807) is 17.2 Å². The monoisotopic (exact) mass is 212 g/mol. The second-order valence-electron chi connectivity index (χ2n) is 2.87. The molecule has 6 nitrogen and oxygen atoms in total. The van der Waals surface area contributed by atoms with Crippen LogP contribution in [0.2, 0.25) is 0 Å². The summed E-state index contributed by atoms with van der Waals surface area (Å²) < 4.78 is 3.54.